The van der Waals surface area contributed by atoms with Gasteiger partial charge in [0.2, 0.25) is 5.91 Å². The number of carbonyl (C=O) groups is 5. The second-order valence-corrected chi connectivity index (χ2v) is 9.01. The second-order valence-electron chi connectivity index (χ2n) is 9.01. The first-order chi connectivity index (χ1) is 16.9. The molecule has 0 bridgehead atoms. The van der Waals surface area contributed by atoms with Crippen LogP contribution in [0.15, 0.2) is 30.3 Å². The van der Waals surface area contributed by atoms with Crippen molar-refractivity contribution in [3.8, 4) is 11.5 Å². The highest BCUT2D eigenvalue weighted by Gasteiger charge is 2.33. The minimum absolute atomic E-state index is 0.0391. The summed E-state index contributed by atoms with van der Waals surface area (Å²) in [7, 11) is 4.17. The molecule has 4 amide bonds. The molecule has 2 aromatic carbocycles. The minimum Gasteiger partial charge on any atom is -0.493 e. The smallest absolute Gasteiger partial charge is 0.340 e. The van der Waals surface area contributed by atoms with Gasteiger partial charge < -0.3 is 24.8 Å². The number of nitrogens with one attached hydrogen (secondary N) is 2. The Hall–Kier alpha value is -4.41. The average Bonchev–Trinajstić information content (AvgIpc) is 3.05. The fourth-order valence-electron chi connectivity index (χ4n) is 3.31. The molecule has 0 unspecified atom stereocenters. The molecule has 190 valence electrons. The number of amides is 4. The van der Waals surface area contributed by atoms with Crippen molar-refractivity contribution in [3.63, 3.8) is 0 Å². The highest BCUT2D eigenvalue weighted by atomic mass is 16.5. The van der Waals surface area contributed by atoms with Gasteiger partial charge in [-0.2, -0.15) is 0 Å². The molecule has 11 nitrogen and oxygen atoms in total. The topological polar surface area (TPSA) is 140 Å². The van der Waals surface area contributed by atoms with E-state index in [0.29, 0.717) is 0 Å². The molecular formula is C25H27N3O8. The van der Waals surface area contributed by atoms with E-state index in [0.717, 1.165) is 4.90 Å². The second kappa shape index (κ2) is 10.1. The molecule has 0 saturated carbocycles. The van der Waals surface area contributed by atoms with Gasteiger partial charge >= 0.3 is 5.97 Å². The van der Waals surface area contributed by atoms with Gasteiger partial charge in [0.25, 0.3) is 17.7 Å². The fraction of sp³-hybridized carbons (Fsp3) is 0.320. The van der Waals surface area contributed by atoms with Crippen LogP contribution in [0, 0.1) is 5.41 Å². The van der Waals surface area contributed by atoms with Crippen molar-refractivity contribution >= 4 is 41.0 Å². The number of nitrogens with zero attached hydrogens (tertiary/aromatic N) is 1. The molecule has 0 aliphatic carbocycles. The summed E-state index contributed by atoms with van der Waals surface area (Å²) in [6.45, 7) is 4.49. The number of hydrogen-bond acceptors (Lipinski definition) is 8. The lowest BCUT2D eigenvalue weighted by Crippen LogP contribution is -2.29. The lowest BCUT2D eigenvalue weighted by atomic mass is 9.95. The molecule has 0 fully saturated rings. The number of methoxy groups -OCH3 is 2. The molecule has 0 aromatic heterocycles. The van der Waals surface area contributed by atoms with E-state index in [-0.39, 0.29) is 45.5 Å². The standard InChI is InChI=1S/C25H27N3O8/c1-25(2,3)24(33)27-17-11-19(35-6)18(34-5)10-16(17)23(32)36-12-20(29)26-13-7-8-14-15(9-13)22(31)28(4)21(14)30/h7-11H,12H2,1-6H3,(H,26,29)(H,27,33). The Kier molecular flexibility index (Phi) is 7.32. The lowest BCUT2D eigenvalue weighted by Gasteiger charge is -2.20. The van der Waals surface area contributed by atoms with Crippen LogP contribution < -0.4 is 20.1 Å². The summed E-state index contributed by atoms with van der Waals surface area (Å²) < 4.78 is 15.7. The molecule has 1 aliphatic heterocycles. The highest BCUT2D eigenvalue weighted by molar-refractivity contribution is 6.21. The Labute approximate surface area is 207 Å². The van der Waals surface area contributed by atoms with Crippen LogP contribution in [0.3, 0.4) is 0 Å². The van der Waals surface area contributed by atoms with Crippen molar-refractivity contribution in [3.05, 3.63) is 47.0 Å². The molecule has 1 heterocycles. The fourth-order valence-corrected chi connectivity index (χ4v) is 3.31. The highest BCUT2D eigenvalue weighted by Crippen LogP contribution is 2.34. The number of anilines is 2. The van der Waals surface area contributed by atoms with Crippen molar-refractivity contribution in [1.29, 1.82) is 0 Å². The van der Waals surface area contributed by atoms with Crippen LogP contribution in [-0.2, 0) is 14.3 Å². The molecule has 0 saturated heterocycles. The summed E-state index contributed by atoms with van der Waals surface area (Å²) in [5.74, 6) is -2.30. The Morgan fingerprint density at radius 1 is 0.889 bits per heavy atom. The monoisotopic (exact) mass is 497 g/mol. The third kappa shape index (κ3) is 5.29. The predicted molar refractivity (Wildman–Crippen MR) is 129 cm³/mol. The molecule has 2 N–H and O–H groups in total. The number of esters is 1. The molecule has 0 spiro atoms. The molecule has 0 atom stereocenters. The van der Waals surface area contributed by atoms with E-state index in [2.05, 4.69) is 10.6 Å². The quantitative estimate of drug-likeness (QED) is 0.440. The lowest BCUT2D eigenvalue weighted by molar-refractivity contribution is -0.123. The number of benzene rings is 2. The average molecular weight is 498 g/mol. The minimum atomic E-state index is -0.883. The molecule has 0 radical (unpaired) electrons. The third-order valence-electron chi connectivity index (χ3n) is 5.38. The predicted octanol–water partition coefficient (Wildman–Crippen LogP) is 2.71. The summed E-state index contributed by atoms with van der Waals surface area (Å²) in [6.07, 6.45) is 0. The van der Waals surface area contributed by atoms with Crippen LogP contribution in [-0.4, -0.2) is 62.4 Å². The van der Waals surface area contributed by atoms with Crippen molar-refractivity contribution in [2.75, 3.05) is 38.5 Å². The van der Waals surface area contributed by atoms with Crippen LogP contribution in [0.1, 0.15) is 51.8 Å². The van der Waals surface area contributed by atoms with Gasteiger partial charge in [-0.1, -0.05) is 20.8 Å². The van der Waals surface area contributed by atoms with E-state index in [9.17, 15) is 24.0 Å². The zero-order valence-corrected chi connectivity index (χ0v) is 20.8. The van der Waals surface area contributed by atoms with Gasteiger partial charge in [0.1, 0.15) is 0 Å². The van der Waals surface area contributed by atoms with Crippen LogP contribution >= 0.6 is 0 Å². The molecular weight excluding hydrogens is 470 g/mol. The van der Waals surface area contributed by atoms with Crippen LogP contribution in [0.4, 0.5) is 11.4 Å². The van der Waals surface area contributed by atoms with Gasteiger partial charge in [0.05, 0.1) is 36.6 Å². The number of imide groups is 1. The first-order valence-electron chi connectivity index (χ1n) is 10.9. The van der Waals surface area contributed by atoms with Gasteiger partial charge in [-0.25, -0.2) is 4.79 Å². The van der Waals surface area contributed by atoms with E-state index >= 15 is 0 Å². The molecule has 11 heteroatoms. The Morgan fingerprint density at radius 3 is 2.11 bits per heavy atom. The van der Waals surface area contributed by atoms with Crippen molar-refractivity contribution in [2.45, 2.75) is 20.8 Å². The SMILES string of the molecule is COc1cc(NC(=O)C(C)(C)C)c(C(=O)OCC(=O)Nc2ccc3c(c2)C(=O)N(C)C3=O)cc1OC. The number of carbonyl (C=O) groups excluding carboxylic acids is 5. The summed E-state index contributed by atoms with van der Waals surface area (Å²) >= 11 is 0. The van der Waals surface area contributed by atoms with Crippen molar-refractivity contribution < 1.29 is 38.2 Å². The maximum absolute atomic E-state index is 12.9. The zero-order valence-electron chi connectivity index (χ0n) is 20.8. The van der Waals surface area contributed by atoms with E-state index in [1.807, 2.05) is 0 Å². The van der Waals surface area contributed by atoms with E-state index < -0.39 is 35.7 Å². The summed E-state index contributed by atoms with van der Waals surface area (Å²) in [5.41, 5.74) is 0.0134. The van der Waals surface area contributed by atoms with Gasteiger partial charge in [0.15, 0.2) is 18.1 Å². The Bertz CT molecular complexity index is 1260. The number of ether oxygens (including phenoxy) is 3. The number of rotatable bonds is 7. The Morgan fingerprint density at radius 2 is 1.50 bits per heavy atom. The third-order valence-corrected chi connectivity index (χ3v) is 5.38. The molecule has 2 aromatic rings. The van der Waals surface area contributed by atoms with E-state index in [4.69, 9.17) is 14.2 Å². The molecule has 3 rings (SSSR count). The maximum atomic E-state index is 12.9. The van der Waals surface area contributed by atoms with Crippen LogP contribution in [0.2, 0.25) is 0 Å². The number of fused-ring (bicyclic) bond motifs is 1. The molecule has 1 aliphatic rings. The largest absolute Gasteiger partial charge is 0.493 e. The number of hydrogen-bond donors (Lipinski definition) is 2. The van der Waals surface area contributed by atoms with Gasteiger partial charge in [0, 0.05) is 30.3 Å². The van der Waals surface area contributed by atoms with Crippen molar-refractivity contribution in [1.82, 2.24) is 4.90 Å². The molecule has 36 heavy (non-hydrogen) atoms. The van der Waals surface area contributed by atoms with Gasteiger partial charge in [-0.05, 0) is 18.2 Å². The Balaban J connectivity index is 1.75. The summed E-state index contributed by atoms with van der Waals surface area (Å²) in [4.78, 5) is 62.9. The first-order valence-corrected chi connectivity index (χ1v) is 10.9. The summed E-state index contributed by atoms with van der Waals surface area (Å²) in [6, 6.07) is 7.06. The van der Waals surface area contributed by atoms with Gasteiger partial charge in [-0.15, -0.1) is 0 Å². The van der Waals surface area contributed by atoms with Crippen molar-refractivity contribution in [2.24, 2.45) is 5.41 Å². The van der Waals surface area contributed by atoms with E-state index in [1.54, 1.807) is 20.8 Å². The van der Waals surface area contributed by atoms with Crippen LogP contribution in [0.5, 0.6) is 11.5 Å². The summed E-state index contributed by atoms with van der Waals surface area (Å²) in [5, 5.41) is 5.20. The maximum Gasteiger partial charge on any atom is 0.340 e. The zero-order chi connectivity index (χ0) is 26.8. The first kappa shape index (κ1) is 26.2. The van der Waals surface area contributed by atoms with Gasteiger partial charge in [-0.3, -0.25) is 24.1 Å². The normalized spacial score (nSPS) is 12.7. The van der Waals surface area contributed by atoms with E-state index in [1.165, 1.54) is 51.6 Å². The van der Waals surface area contributed by atoms with Crippen LogP contribution in [0.25, 0.3) is 0 Å².